The quantitative estimate of drug-likeness (QED) is 0.192. The number of carbonyl (C=O) groups is 1. The van der Waals surface area contributed by atoms with Crippen molar-refractivity contribution in [2.75, 3.05) is 7.11 Å². The summed E-state index contributed by atoms with van der Waals surface area (Å²) >= 11 is 5.54. The van der Waals surface area contributed by atoms with Crippen LogP contribution >= 0.6 is 38.5 Å². The molecule has 1 aliphatic heterocycles. The molecule has 0 N–H and O–H groups in total. The molecule has 1 aliphatic rings. The summed E-state index contributed by atoms with van der Waals surface area (Å²) < 4.78 is 31.5. The maximum atomic E-state index is 13.1. The number of hydrogen-bond donors (Lipinski definition) is 0. The number of cyclic esters (lactones) is 1. The molecular weight excluding hydrogens is 592 g/mol. The molecule has 5 nitrogen and oxygen atoms in total. The number of nitrogens with zero attached hydrogens (tertiary/aromatic N) is 1. The van der Waals surface area contributed by atoms with Crippen LogP contribution in [0.25, 0.3) is 6.08 Å². The van der Waals surface area contributed by atoms with E-state index >= 15 is 0 Å². The lowest BCUT2D eigenvalue weighted by Gasteiger charge is -2.14. The highest BCUT2D eigenvalue weighted by atomic mass is 127. The first-order valence-corrected chi connectivity index (χ1v) is 11.3. The minimum atomic E-state index is -0.523. The van der Waals surface area contributed by atoms with Gasteiger partial charge in [-0.1, -0.05) is 34.1 Å². The van der Waals surface area contributed by atoms with Gasteiger partial charge in [0, 0.05) is 10.0 Å². The number of benzene rings is 3. The van der Waals surface area contributed by atoms with Gasteiger partial charge < -0.3 is 14.2 Å². The molecule has 162 valence electrons. The molecule has 0 saturated heterocycles. The normalized spacial score (nSPS) is 14.3. The molecule has 0 saturated carbocycles. The van der Waals surface area contributed by atoms with Crippen LogP contribution < -0.4 is 9.47 Å². The zero-order chi connectivity index (χ0) is 22.7. The molecule has 32 heavy (non-hydrogen) atoms. The summed E-state index contributed by atoms with van der Waals surface area (Å²) in [6.07, 6.45) is 1.64. The van der Waals surface area contributed by atoms with E-state index in [1.807, 2.05) is 30.3 Å². The average molecular weight is 608 g/mol. The van der Waals surface area contributed by atoms with Crippen molar-refractivity contribution in [2.24, 2.45) is 4.99 Å². The van der Waals surface area contributed by atoms with Gasteiger partial charge in [-0.05, 0) is 82.3 Å². The fraction of sp³-hybridized carbons (Fsp3) is 0.0833. The molecule has 0 radical (unpaired) electrons. The zero-order valence-electron chi connectivity index (χ0n) is 16.8. The first-order valence-electron chi connectivity index (χ1n) is 9.46. The Morgan fingerprint density at radius 2 is 1.94 bits per heavy atom. The summed E-state index contributed by atoms with van der Waals surface area (Å²) in [6, 6.07) is 17.1. The van der Waals surface area contributed by atoms with Crippen LogP contribution in [-0.4, -0.2) is 19.0 Å². The highest BCUT2D eigenvalue weighted by molar-refractivity contribution is 14.1. The van der Waals surface area contributed by atoms with Crippen LogP contribution in [0.15, 0.2) is 75.8 Å². The minimum Gasteiger partial charge on any atom is -0.493 e. The third-order valence-electron chi connectivity index (χ3n) is 4.54. The summed E-state index contributed by atoms with van der Waals surface area (Å²) in [4.78, 5) is 16.7. The SMILES string of the molecule is COc1cc(/C=C2\N=C(c3cccc(Br)c3)OC2=O)cc(I)c1OCc1ccc(F)cc1. The number of esters is 1. The van der Waals surface area contributed by atoms with Crippen LogP contribution in [0.2, 0.25) is 0 Å². The fourth-order valence-corrected chi connectivity index (χ4v) is 4.19. The van der Waals surface area contributed by atoms with Crippen LogP contribution in [0.4, 0.5) is 4.39 Å². The molecule has 0 atom stereocenters. The molecule has 3 aromatic carbocycles. The molecule has 0 fully saturated rings. The second kappa shape index (κ2) is 9.83. The second-order valence-electron chi connectivity index (χ2n) is 6.80. The van der Waals surface area contributed by atoms with E-state index in [1.165, 1.54) is 12.1 Å². The van der Waals surface area contributed by atoms with Gasteiger partial charge in [0.15, 0.2) is 17.2 Å². The van der Waals surface area contributed by atoms with Crippen molar-refractivity contribution in [2.45, 2.75) is 6.61 Å². The second-order valence-corrected chi connectivity index (χ2v) is 8.87. The van der Waals surface area contributed by atoms with Gasteiger partial charge in [0.05, 0.1) is 10.7 Å². The molecule has 3 aromatic rings. The zero-order valence-corrected chi connectivity index (χ0v) is 20.5. The van der Waals surface area contributed by atoms with Gasteiger partial charge in [0.1, 0.15) is 12.4 Å². The third kappa shape index (κ3) is 5.18. The van der Waals surface area contributed by atoms with Gasteiger partial charge in [-0.25, -0.2) is 14.2 Å². The molecule has 4 rings (SSSR count). The highest BCUT2D eigenvalue weighted by Crippen LogP contribution is 2.35. The predicted octanol–water partition coefficient (Wildman–Crippen LogP) is 6.12. The maximum absolute atomic E-state index is 13.1. The van der Waals surface area contributed by atoms with Crippen molar-refractivity contribution in [1.29, 1.82) is 0 Å². The van der Waals surface area contributed by atoms with E-state index in [-0.39, 0.29) is 24.0 Å². The predicted molar refractivity (Wildman–Crippen MR) is 131 cm³/mol. The summed E-state index contributed by atoms with van der Waals surface area (Å²) in [5.74, 6) is 0.504. The van der Waals surface area contributed by atoms with E-state index in [0.29, 0.717) is 22.6 Å². The van der Waals surface area contributed by atoms with Crippen molar-refractivity contribution >= 4 is 56.5 Å². The fourth-order valence-electron chi connectivity index (χ4n) is 3.01. The first-order chi connectivity index (χ1) is 15.4. The monoisotopic (exact) mass is 607 g/mol. The molecular formula is C24H16BrFINO4. The van der Waals surface area contributed by atoms with Crippen LogP contribution in [-0.2, 0) is 16.1 Å². The topological polar surface area (TPSA) is 57.1 Å². The van der Waals surface area contributed by atoms with E-state index in [4.69, 9.17) is 14.2 Å². The number of aliphatic imine (C=N–C) groups is 1. The lowest BCUT2D eigenvalue weighted by atomic mass is 10.1. The van der Waals surface area contributed by atoms with E-state index in [1.54, 1.807) is 31.4 Å². The van der Waals surface area contributed by atoms with Gasteiger partial charge in [0.25, 0.3) is 0 Å². The Labute approximate surface area is 206 Å². The summed E-state index contributed by atoms with van der Waals surface area (Å²) in [6.45, 7) is 0.264. The Hall–Kier alpha value is -2.72. The molecule has 0 amide bonds. The molecule has 8 heteroatoms. The Bertz CT molecular complexity index is 1240. The van der Waals surface area contributed by atoms with Gasteiger partial charge in [-0.2, -0.15) is 0 Å². The van der Waals surface area contributed by atoms with Crippen LogP contribution in [0, 0.1) is 9.39 Å². The van der Waals surface area contributed by atoms with E-state index < -0.39 is 5.97 Å². The summed E-state index contributed by atoms with van der Waals surface area (Å²) in [7, 11) is 1.54. The largest absolute Gasteiger partial charge is 0.493 e. The van der Waals surface area contributed by atoms with Crippen LogP contribution in [0.5, 0.6) is 11.5 Å². The van der Waals surface area contributed by atoms with E-state index in [9.17, 15) is 9.18 Å². The number of halogens is 3. The van der Waals surface area contributed by atoms with Gasteiger partial charge in [-0.15, -0.1) is 0 Å². The van der Waals surface area contributed by atoms with Crippen molar-refractivity contribution in [1.82, 2.24) is 0 Å². The van der Waals surface area contributed by atoms with Crippen molar-refractivity contribution in [3.8, 4) is 11.5 Å². The Morgan fingerprint density at radius 1 is 1.16 bits per heavy atom. The first kappa shape index (κ1) is 22.5. The van der Waals surface area contributed by atoms with E-state index in [2.05, 4.69) is 43.5 Å². The Balaban J connectivity index is 1.59. The number of rotatable bonds is 6. The molecule has 0 bridgehead atoms. The standard InChI is InChI=1S/C24H16BrFINO4/c1-30-21-11-15(9-19(27)22(21)31-13-14-5-7-18(26)8-6-14)10-20-24(29)32-23(28-20)16-3-2-4-17(25)12-16/h2-12H,13H2,1H3/b20-10-. The van der Waals surface area contributed by atoms with E-state index in [0.717, 1.165) is 13.6 Å². The number of carbonyl (C=O) groups excluding carboxylic acids is 1. The summed E-state index contributed by atoms with van der Waals surface area (Å²) in [5.41, 5.74) is 2.44. The van der Waals surface area contributed by atoms with Gasteiger partial charge in [0.2, 0.25) is 5.90 Å². The molecule has 0 spiro atoms. The number of ether oxygens (including phenoxy) is 3. The molecule has 0 aromatic heterocycles. The third-order valence-corrected chi connectivity index (χ3v) is 5.84. The van der Waals surface area contributed by atoms with Crippen molar-refractivity contribution in [3.63, 3.8) is 0 Å². The van der Waals surface area contributed by atoms with Crippen LogP contribution in [0.3, 0.4) is 0 Å². The molecule has 1 heterocycles. The molecule has 0 unspecified atom stereocenters. The number of hydrogen-bond acceptors (Lipinski definition) is 5. The lowest BCUT2D eigenvalue weighted by molar-refractivity contribution is -0.129. The maximum Gasteiger partial charge on any atom is 0.363 e. The molecule has 0 aliphatic carbocycles. The Morgan fingerprint density at radius 3 is 2.66 bits per heavy atom. The van der Waals surface area contributed by atoms with Gasteiger partial charge in [-0.3, -0.25) is 0 Å². The Kier molecular flexibility index (Phi) is 6.90. The average Bonchev–Trinajstić information content (AvgIpc) is 3.14. The lowest BCUT2D eigenvalue weighted by Crippen LogP contribution is -2.05. The number of methoxy groups -OCH3 is 1. The minimum absolute atomic E-state index is 0.192. The van der Waals surface area contributed by atoms with Crippen LogP contribution in [0.1, 0.15) is 16.7 Å². The van der Waals surface area contributed by atoms with Crippen molar-refractivity contribution in [3.05, 3.63) is 96.9 Å². The van der Waals surface area contributed by atoms with Crippen molar-refractivity contribution < 1.29 is 23.4 Å². The smallest absolute Gasteiger partial charge is 0.363 e. The van der Waals surface area contributed by atoms with Gasteiger partial charge >= 0.3 is 5.97 Å². The highest BCUT2D eigenvalue weighted by Gasteiger charge is 2.24. The summed E-state index contributed by atoms with van der Waals surface area (Å²) in [5, 5.41) is 0.